The molecular formula is C17H23NO2. The third kappa shape index (κ3) is 3.41. The smallest absolute Gasteiger partial charge is 0.165 e. The molecule has 0 aliphatic rings. The second kappa shape index (κ2) is 6.12. The van der Waals surface area contributed by atoms with Gasteiger partial charge < -0.3 is 9.72 Å². The highest BCUT2D eigenvalue weighted by Gasteiger charge is 2.13. The van der Waals surface area contributed by atoms with Gasteiger partial charge in [-0.05, 0) is 44.4 Å². The lowest BCUT2D eigenvalue weighted by Crippen LogP contribution is -2.05. The van der Waals surface area contributed by atoms with Crippen molar-refractivity contribution in [2.45, 2.75) is 46.6 Å². The molecule has 0 atom stereocenters. The zero-order chi connectivity index (χ0) is 14.7. The largest absolute Gasteiger partial charge is 0.491 e. The van der Waals surface area contributed by atoms with E-state index in [1.807, 2.05) is 38.2 Å². The lowest BCUT2D eigenvalue weighted by Gasteiger charge is -2.09. The molecule has 1 aromatic heterocycles. The van der Waals surface area contributed by atoms with Crippen molar-refractivity contribution in [2.24, 2.45) is 5.92 Å². The Hall–Kier alpha value is -1.77. The molecule has 0 radical (unpaired) electrons. The van der Waals surface area contributed by atoms with E-state index in [9.17, 15) is 4.79 Å². The molecule has 0 unspecified atom stereocenters. The highest BCUT2D eigenvalue weighted by molar-refractivity contribution is 6.08. The van der Waals surface area contributed by atoms with E-state index in [1.165, 1.54) is 0 Å². The van der Waals surface area contributed by atoms with E-state index in [0.29, 0.717) is 12.3 Å². The molecule has 108 valence electrons. The van der Waals surface area contributed by atoms with Crippen LogP contribution < -0.4 is 4.74 Å². The molecule has 0 aliphatic heterocycles. The molecule has 0 saturated heterocycles. The van der Waals surface area contributed by atoms with Crippen LogP contribution in [0.5, 0.6) is 5.75 Å². The van der Waals surface area contributed by atoms with Crippen LogP contribution in [0.25, 0.3) is 10.9 Å². The number of carbonyl (C=O) groups excluding carboxylic acids is 1. The minimum Gasteiger partial charge on any atom is -0.491 e. The normalized spacial score (nSPS) is 11.5. The number of ketones is 1. The summed E-state index contributed by atoms with van der Waals surface area (Å²) in [6, 6.07) is 5.85. The van der Waals surface area contributed by atoms with Gasteiger partial charge in [0, 0.05) is 29.1 Å². The van der Waals surface area contributed by atoms with Crippen molar-refractivity contribution in [2.75, 3.05) is 0 Å². The van der Waals surface area contributed by atoms with Gasteiger partial charge in [-0.2, -0.15) is 0 Å². The van der Waals surface area contributed by atoms with Gasteiger partial charge in [-0.15, -0.1) is 0 Å². The van der Waals surface area contributed by atoms with Crippen molar-refractivity contribution < 1.29 is 9.53 Å². The summed E-state index contributed by atoms with van der Waals surface area (Å²) in [5, 5.41) is 0.955. The predicted octanol–water partition coefficient (Wildman–Crippen LogP) is 4.57. The number of carbonyl (C=O) groups is 1. The average Bonchev–Trinajstić information content (AvgIpc) is 2.78. The topological polar surface area (TPSA) is 42.1 Å². The number of Topliss-reactive ketones (excluding diaryl/α,β-unsaturated/α-hetero) is 1. The minimum absolute atomic E-state index is 0.131. The third-order valence-electron chi connectivity index (χ3n) is 3.27. The van der Waals surface area contributed by atoms with Gasteiger partial charge in [0.1, 0.15) is 5.75 Å². The molecule has 1 heterocycles. The molecule has 2 rings (SSSR count). The lowest BCUT2D eigenvalue weighted by molar-refractivity contribution is 0.0977. The van der Waals surface area contributed by atoms with E-state index < -0.39 is 0 Å². The van der Waals surface area contributed by atoms with Crippen molar-refractivity contribution in [3.63, 3.8) is 0 Å². The number of aromatic nitrogens is 1. The summed E-state index contributed by atoms with van der Waals surface area (Å²) in [7, 11) is 0. The van der Waals surface area contributed by atoms with E-state index in [-0.39, 0.29) is 11.9 Å². The standard InChI is InChI=1S/C17H23NO2/c1-11(2)5-8-17(19)15-10-18-16-7-6-13(9-14(15)16)20-12(3)4/h6-7,9-12,18H,5,8H2,1-4H3. The first-order chi connectivity index (χ1) is 9.47. The molecular weight excluding hydrogens is 250 g/mol. The molecule has 1 aromatic carbocycles. The molecule has 0 saturated carbocycles. The van der Waals surface area contributed by atoms with Gasteiger partial charge in [0.25, 0.3) is 0 Å². The molecule has 0 amide bonds. The van der Waals surface area contributed by atoms with Crippen LogP contribution in [0, 0.1) is 5.92 Å². The van der Waals surface area contributed by atoms with Crippen molar-refractivity contribution in [1.29, 1.82) is 0 Å². The first kappa shape index (κ1) is 14.6. The maximum absolute atomic E-state index is 12.3. The summed E-state index contributed by atoms with van der Waals surface area (Å²) in [5.74, 6) is 1.56. The maximum atomic E-state index is 12.3. The average molecular weight is 273 g/mol. The second-order valence-electron chi connectivity index (χ2n) is 5.93. The quantitative estimate of drug-likeness (QED) is 0.783. The van der Waals surface area contributed by atoms with Gasteiger partial charge in [0.15, 0.2) is 5.78 Å². The third-order valence-corrected chi connectivity index (χ3v) is 3.27. The van der Waals surface area contributed by atoms with Crippen molar-refractivity contribution in [3.05, 3.63) is 30.0 Å². The Bertz CT molecular complexity index is 596. The number of rotatable bonds is 6. The van der Waals surface area contributed by atoms with Crippen LogP contribution in [-0.4, -0.2) is 16.9 Å². The minimum atomic E-state index is 0.131. The Morgan fingerprint density at radius 3 is 2.65 bits per heavy atom. The molecule has 3 heteroatoms. The Balaban J connectivity index is 2.27. The van der Waals surface area contributed by atoms with E-state index in [0.717, 1.165) is 28.6 Å². The van der Waals surface area contributed by atoms with Crippen LogP contribution in [-0.2, 0) is 0 Å². The van der Waals surface area contributed by atoms with Crippen LogP contribution in [0.3, 0.4) is 0 Å². The van der Waals surface area contributed by atoms with Crippen molar-refractivity contribution in [1.82, 2.24) is 4.98 Å². The number of nitrogens with one attached hydrogen (secondary N) is 1. The fourth-order valence-corrected chi connectivity index (χ4v) is 2.23. The zero-order valence-electron chi connectivity index (χ0n) is 12.7. The summed E-state index contributed by atoms with van der Waals surface area (Å²) < 4.78 is 5.70. The fraction of sp³-hybridized carbons (Fsp3) is 0.471. The highest BCUT2D eigenvalue weighted by atomic mass is 16.5. The molecule has 3 nitrogen and oxygen atoms in total. The Morgan fingerprint density at radius 1 is 1.25 bits per heavy atom. The number of fused-ring (bicyclic) bond motifs is 1. The first-order valence-electron chi connectivity index (χ1n) is 7.28. The molecule has 0 aliphatic carbocycles. The number of ether oxygens (including phenoxy) is 1. The van der Waals surface area contributed by atoms with E-state index in [4.69, 9.17) is 4.74 Å². The van der Waals surface area contributed by atoms with Crippen LogP contribution >= 0.6 is 0 Å². The van der Waals surface area contributed by atoms with E-state index >= 15 is 0 Å². The SMILES string of the molecule is CC(C)CCC(=O)c1c[nH]c2ccc(OC(C)C)cc12. The van der Waals surface area contributed by atoms with Gasteiger partial charge in [-0.3, -0.25) is 4.79 Å². The van der Waals surface area contributed by atoms with Gasteiger partial charge in [0.2, 0.25) is 0 Å². The lowest BCUT2D eigenvalue weighted by atomic mass is 10.0. The summed E-state index contributed by atoms with van der Waals surface area (Å²) >= 11 is 0. The summed E-state index contributed by atoms with van der Waals surface area (Å²) in [6.07, 6.45) is 3.46. The molecule has 20 heavy (non-hydrogen) atoms. The van der Waals surface area contributed by atoms with Crippen molar-refractivity contribution >= 4 is 16.7 Å². The van der Waals surface area contributed by atoms with Gasteiger partial charge in [-0.1, -0.05) is 13.8 Å². The van der Waals surface area contributed by atoms with Gasteiger partial charge in [-0.25, -0.2) is 0 Å². The van der Waals surface area contributed by atoms with Crippen LogP contribution in [0.2, 0.25) is 0 Å². The predicted molar refractivity (Wildman–Crippen MR) is 82.5 cm³/mol. The first-order valence-corrected chi connectivity index (χ1v) is 7.28. The Morgan fingerprint density at radius 2 is 2.00 bits per heavy atom. The molecule has 0 bridgehead atoms. The van der Waals surface area contributed by atoms with Crippen LogP contribution in [0.4, 0.5) is 0 Å². The Kier molecular flexibility index (Phi) is 4.48. The van der Waals surface area contributed by atoms with Crippen LogP contribution in [0.1, 0.15) is 50.9 Å². The maximum Gasteiger partial charge on any atom is 0.165 e. The van der Waals surface area contributed by atoms with Gasteiger partial charge >= 0.3 is 0 Å². The van der Waals surface area contributed by atoms with E-state index in [1.54, 1.807) is 0 Å². The zero-order valence-corrected chi connectivity index (χ0v) is 12.7. The molecule has 0 fully saturated rings. The highest BCUT2D eigenvalue weighted by Crippen LogP contribution is 2.26. The number of hydrogen-bond acceptors (Lipinski definition) is 2. The molecule has 1 N–H and O–H groups in total. The molecule has 0 spiro atoms. The molecule has 2 aromatic rings. The Labute approximate surface area is 120 Å². The second-order valence-corrected chi connectivity index (χ2v) is 5.93. The number of H-pyrrole nitrogens is 1. The van der Waals surface area contributed by atoms with Crippen molar-refractivity contribution in [3.8, 4) is 5.75 Å². The van der Waals surface area contributed by atoms with Gasteiger partial charge in [0.05, 0.1) is 6.10 Å². The number of benzene rings is 1. The summed E-state index contributed by atoms with van der Waals surface area (Å²) in [6.45, 7) is 8.26. The summed E-state index contributed by atoms with van der Waals surface area (Å²) in [5.41, 5.74) is 1.75. The number of aromatic amines is 1. The monoisotopic (exact) mass is 273 g/mol. The van der Waals surface area contributed by atoms with Crippen LogP contribution in [0.15, 0.2) is 24.4 Å². The summed E-state index contributed by atoms with van der Waals surface area (Å²) in [4.78, 5) is 15.5. The van der Waals surface area contributed by atoms with E-state index in [2.05, 4.69) is 18.8 Å². The number of hydrogen-bond donors (Lipinski definition) is 1. The fourth-order valence-electron chi connectivity index (χ4n) is 2.23.